The predicted molar refractivity (Wildman–Crippen MR) is 91.9 cm³/mol. The smallest absolute Gasteiger partial charge is 0.233 e. The number of hydrogen-bond donors (Lipinski definition) is 2. The molecule has 1 saturated carbocycles. The van der Waals surface area contributed by atoms with Crippen molar-refractivity contribution in [3.63, 3.8) is 0 Å². The summed E-state index contributed by atoms with van der Waals surface area (Å²) in [5.41, 5.74) is 2.60. The van der Waals surface area contributed by atoms with Gasteiger partial charge in [0, 0.05) is 12.6 Å². The zero-order chi connectivity index (χ0) is 15.9. The Hall–Kier alpha value is -1.35. The van der Waals surface area contributed by atoms with Crippen LogP contribution in [0.4, 0.5) is 0 Å². The van der Waals surface area contributed by atoms with E-state index >= 15 is 0 Å². The molecule has 1 fully saturated rings. The van der Waals surface area contributed by atoms with Crippen LogP contribution in [0, 0.1) is 18.8 Å². The molecule has 22 heavy (non-hydrogen) atoms. The average molecular weight is 302 g/mol. The highest BCUT2D eigenvalue weighted by atomic mass is 16.1. The Labute approximate surface area is 134 Å². The Bertz CT molecular complexity index is 486. The predicted octanol–water partition coefficient (Wildman–Crippen LogP) is 3.07. The first kappa shape index (κ1) is 17.0. The number of carbonyl (C=O) groups excluding carboxylic acids is 1. The third kappa shape index (κ3) is 4.84. The van der Waals surface area contributed by atoms with Crippen molar-refractivity contribution in [3.8, 4) is 0 Å². The van der Waals surface area contributed by atoms with Gasteiger partial charge < -0.3 is 10.6 Å². The molecule has 2 rings (SSSR count). The summed E-state index contributed by atoms with van der Waals surface area (Å²) in [6, 6.07) is 8.84. The summed E-state index contributed by atoms with van der Waals surface area (Å²) in [7, 11) is 0. The molecule has 0 saturated heterocycles. The minimum Gasteiger partial charge on any atom is -0.355 e. The fourth-order valence-corrected chi connectivity index (χ4v) is 3.38. The van der Waals surface area contributed by atoms with Crippen molar-refractivity contribution < 1.29 is 4.79 Å². The van der Waals surface area contributed by atoms with E-state index in [2.05, 4.69) is 49.6 Å². The van der Waals surface area contributed by atoms with E-state index in [0.717, 1.165) is 12.3 Å². The minimum absolute atomic E-state index is 0.110. The van der Waals surface area contributed by atoms with Gasteiger partial charge in [0.25, 0.3) is 0 Å². The van der Waals surface area contributed by atoms with Gasteiger partial charge in [0.1, 0.15) is 0 Å². The number of hydrogen-bond acceptors (Lipinski definition) is 2. The van der Waals surface area contributed by atoms with Crippen LogP contribution in [0.5, 0.6) is 0 Å². The van der Waals surface area contributed by atoms with Gasteiger partial charge in [-0.25, -0.2) is 0 Å². The summed E-state index contributed by atoms with van der Waals surface area (Å²) < 4.78 is 0. The maximum atomic E-state index is 12.0. The third-order valence-electron chi connectivity index (χ3n) is 5.21. The summed E-state index contributed by atoms with van der Waals surface area (Å²) in [4.78, 5) is 12.0. The molecule has 3 heteroatoms. The van der Waals surface area contributed by atoms with Crippen molar-refractivity contribution in [2.45, 2.75) is 52.5 Å². The normalized spacial score (nSPS) is 25.0. The molecule has 3 unspecified atom stereocenters. The van der Waals surface area contributed by atoms with Gasteiger partial charge in [-0.3, -0.25) is 4.79 Å². The molecule has 0 radical (unpaired) electrons. The first-order valence-electron chi connectivity index (χ1n) is 8.62. The van der Waals surface area contributed by atoms with Crippen LogP contribution in [0.15, 0.2) is 24.3 Å². The van der Waals surface area contributed by atoms with E-state index in [1.807, 2.05) is 6.07 Å². The van der Waals surface area contributed by atoms with Crippen molar-refractivity contribution >= 4 is 5.91 Å². The van der Waals surface area contributed by atoms with Crippen molar-refractivity contribution in [1.82, 2.24) is 10.6 Å². The van der Waals surface area contributed by atoms with Gasteiger partial charge in [0.15, 0.2) is 0 Å². The Kier molecular flexibility index (Phi) is 6.44. The highest BCUT2D eigenvalue weighted by Crippen LogP contribution is 2.29. The van der Waals surface area contributed by atoms with Crippen LogP contribution < -0.4 is 10.6 Å². The lowest BCUT2D eigenvalue weighted by Gasteiger charge is -2.34. The van der Waals surface area contributed by atoms with Gasteiger partial charge in [-0.1, -0.05) is 51.0 Å². The van der Waals surface area contributed by atoms with Gasteiger partial charge in [-0.05, 0) is 42.7 Å². The summed E-state index contributed by atoms with van der Waals surface area (Å²) >= 11 is 0. The quantitative estimate of drug-likeness (QED) is 0.848. The molecule has 0 bridgehead atoms. The number of aryl methyl sites for hydroxylation is 1. The van der Waals surface area contributed by atoms with Crippen molar-refractivity contribution in [3.05, 3.63) is 35.4 Å². The Morgan fingerprint density at radius 2 is 2.00 bits per heavy atom. The SMILES string of the molecule is Cc1ccccc1CCNC(=O)CNC1CCCC(C)C1C. The standard InChI is InChI=1S/C19H30N2O/c1-14-8-6-10-18(16(14)3)21-13-19(22)20-12-11-17-9-5-4-7-15(17)2/h4-5,7,9,14,16,18,21H,6,8,10-13H2,1-3H3,(H,20,22). The van der Waals surface area contributed by atoms with Crippen LogP contribution in [0.3, 0.4) is 0 Å². The molecule has 1 aromatic rings. The van der Waals surface area contributed by atoms with Gasteiger partial charge in [-0.15, -0.1) is 0 Å². The first-order chi connectivity index (χ1) is 10.6. The van der Waals surface area contributed by atoms with Crippen molar-refractivity contribution in [2.75, 3.05) is 13.1 Å². The lowest BCUT2D eigenvalue weighted by atomic mass is 9.78. The number of carbonyl (C=O) groups is 1. The summed E-state index contributed by atoms with van der Waals surface area (Å²) in [6.07, 6.45) is 4.69. The van der Waals surface area contributed by atoms with Crippen LogP contribution in [-0.4, -0.2) is 25.0 Å². The fraction of sp³-hybridized carbons (Fsp3) is 0.632. The Morgan fingerprint density at radius 1 is 1.23 bits per heavy atom. The van der Waals surface area contributed by atoms with Crippen LogP contribution in [-0.2, 0) is 11.2 Å². The maximum absolute atomic E-state index is 12.0. The molecule has 0 aliphatic heterocycles. The fourth-order valence-electron chi connectivity index (χ4n) is 3.38. The lowest BCUT2D eigenvalue weighted by molar-refractivity contribution is -0.120. The summed E-state index contributed by atoms with van der Waals surface area (Å²) in [5.74, 6) is 1.53. The van der Waals surface area contributed by atoms with Gasteiger partial charge in [0.2, 0.25) is 5.91 Å². The average Bonchev–Trinajstić information content (AvgIpc) is 2.51. The zero-order valence-corrected chi connectivity index (χ0v) is 14.2. The molecule has 0 spiro atoms. The molecule has 3 atom stereocenters. The van der Waals surface area contributed by atoms with E-state index in [0.29, 0.717) is 25.0 Å². The summed E-state index contributed by atoms with van der Waals surface area (Å²) in [6.45, 7) is 7.89. The van der Waals surface area contributed by atoms with Crippen molar-refractivity contribution in [1.29, 1.82) is 0 Å². The van der Waals surface area contributed by atoms with Gasteiger partial charge in [-0.2, -0.15) is 0 Å². The zero-order valence-electron chi connectivity index (χ0n) is 14.2. The largest absolute Gasteiger partial charge is 0.355 e. The monoisotopic (exact) mass is 302 g/mol. The first-order valence-corrected chi connectivity index (χ1v) is 8.62. The number of nitrogens with one attached hydrogen (secondary N) is 2. The highest BCUT2D eigenvalue weighted by Gasteiger charge is 2.26. The van der Waals surface area contributed by atoms with Crippen LogP contribution in [0.1, 0.15) is 44.2 Å². The molecule has 3 nitrogen and oxygen atoms in total. The number of benzene rings is 1. The molecule has 1 amide bonds. The molecule has 1 aromatic carbocycles. The van der Waals surface area contributed by atoms with Gasteiger partial charge >= 0.3 is 0 Å². The maximum Gasteiger partial charge on any atom is 0.233 e. The molecule has 122 valence electrons. The van der Waals surface area contributed by atoms with Crippen LogP contribution >= 0.6 is 0 Å². The Morgan fingerprint density at radius 3 is 2.77 bits per heavy atom. The number of rotatable bonds is 6. The lowest BCUT2D eigenvalue weighted by Crippen LogP contribution is -2.45. The van der Waals surface area contributed by atoms with E-state index in [1.54, 1.807) is 0 Å². The number of amides is 1. The molecule has 0 aromatic heterocycles. The summed E-state index contributed by atoms with van der Waals surface area (Å²) in [5, 5.41) is 6.47. The van der Waals surface area contributed by atoms with E-state index in [-0.39, 0.29) is 5.91 Å². The van der Waals surface area contributed by atoms with Gasteiger partial charge in [0.05, 0.1) is 6.54 Å². The van der Waals surface area contributed by atoms with Crippen LogP contribution in [0.2, 0.25) is 0 Å². The topological polar surface area (TPSA) is 41.1 Å². The minimum atomic E-state index is 0.110. The van der Waals surface area contributed by atoms with E-state index in [4.69, 9.17) is 0 Å². The molecule has 1 aliphatic carbocycles. The third-order valence-corrected chi connectivity index (χ3v) is 5.21. The molecule has 2 N–H and O–H groups in total. The van der Waals surface area contributed by atoms with Crippen LogP contribution in [0.25, 0.3) is 0 Å². The second kappa shape index (κ2) is 8.33. The molecule has 0 heterocycles. The second-order valence-electron chi connectivity index (χ2n) is 6.78. The molecule has 1 aliphatic rings. The van der Waals surface area contributed by atoms with Crippen molar-refractivity contribution in [2.24, 2.45) is 11.8 Å². The highest BCUT2D eigenvalue weighted by molar-refractivity contribution is 5.78. The van der Waals surface area contributed by atoms with E-state index < -0.39 is 0 Å². The second-order valence-corrected chi connectivity index (χ2v) is 6.78. The molecular formula is C19H30N2O. The molecular weight excluding hydrogens is 272 g/mol. The van der Waals surface area contributed by atoms with E-state index in [9.17, 15) is 4.79 Å². The Balaban J connectivity index is 1.67. The van der Waals surface area contributed by atoms with E-state index in [1.165, 1.54) is 30.4 Å².